The monoisotopic (exact) mass is 292 g/mol. The van der Waals surface area contributed by atoms with E-state index in [2.05, 4.69) is 15.5 Å². The Morgan fingerprint density at radius 3 is 2.71 bits per heavy atom. The van der Waals surface area contributed by atoms with Crippen LogP contribution in [0, 0.1) is 17.0 Å². The first-order chi connectivity index (χ1) is 10.1. The number of non-ortho nitro benzene ring substituents is 1. The molecule has 1 heterocycles. The Morgan fingerprint density at radius 1 is 1.33 bits per heavy atom. The summed E-state index contributed by atoms with van der Waals surface area (Å²) in [6.45, 7) is 3.62. The Hall–Kier alpha value is -2.48. The minimum absolute atomic E-state index is 0.0512. The van der Waals surface area contributed by atoms with Gasteiger partial charge in [0.15, 0.2) is 5.82 Å². The molecule has 1 N–H and O–H groups in total. The van der Waals surface area contributed by atoms with Gasteiger partial charge in [-0.05, 0) is 19.1 Å². The number of rotatable bonds is 8. The van der Waals surface area contributed by atoms with Crippen molar-refractivity contribution in [3.8, 4) is 5.75 Å². The summed E-state index contributed by atoms with van der Waals surface area (Å²) in [5.41, 5.74) is 0.0512. The highest BCUT2D eigenvalue weighted by molar-refractivity contribution is 5.35. The summed E-state index contributed by atoms with van der Waals surface area (Å²) in [5, 5.41) is 17.4. The van der Waals surface area contributed by atoms with Crippen LogP contribution in [0.25, 0.3) is 0 Å². The summed E-state index contributed by atoms with van der Waals surface area (Å²) < 4.78 is 10.4. The van der Waals surface area contributed by atoms with E-state index >= 15 is 0 Å². The summed E-state index contributed by atoms with van der Waals surface area (Å²) in [6, 6.07) is 6.00. The van der Waals surface area contributed by atoms with E-state index in [0.29, 0.717) is 43.6 Å². The fraction of sp³-hybridized carbons (Fsp3) is 0.385. The van der Waals surface area contributed by atoms with E-state index in [1.165, 1.54) is 12.1 Å². The van der Waals surface area contributed by atoms with Gasteiger partial charge in [-0.25, -0.2) is 0 Å². The number of nitro groups is 1. The molecule has 8 nitrogen and oxygen atoms in total. The van der Waals surface area contributed by atoms with E-state index in [4.69, 9.17) is 9.26 Å². The average Bonchev–Trinajstić information content (AvgIpc) is 2.89. The number of benzene rings is 1. The number of aryl methyl sites for hydroxylation is 1. The average molecular weight is 292 g/mol. The van der Waals surface area contributed by atoms with Gasteiger partial charge < -0.3 is 14.6 Å². The van der Waals surface area contributed by atoms with Crippen LogP contribution in [0.5, 0.6) is 5.75 Å². The molecule has 21 heavy (non-hydrogen) atoms. The standard InChI is InChI=1S/C13H16N4O4/c1-10-15-13(21-16-10)6-7-14-8-9-20-12-4-2-11(3-5-12)17(18)19/h2-5,14H,6-9H2,1H3. The van der Waals surface area contributed by atoms with Crippen molar-refractivity contribution in [2.45, 2.75) is 13.3 Å². The lowest BCUT2D eigenvalue weighted by Gasteiger charge is -2.06. The molecule has 0 saturated heterocycles. The minimum atomic E-state index is -0.440. The summed E-state index contributed by atoms with van der Waals surface area (Å²) in [7, 11) is 0. The van der Waals surface area contributed by atoms with Crippen LogP contribution in [0.15, 0.2) is 28.8 Å². The third-order valence-electron chi connectivity index (χ3n) is 2.68. The Labute approximate surface area is 121 Å². The molecule has 112 valence electrons. The van der Waals surface area contributed by atoms with Crippen molar-refractivity contribution in [1.82, 2.24) is 15.5 Å². The third-order valence-corrected chi connectivity index (χ3v) is 2.68. The van der Waals surface area contributed by atoms with E-state index in [0.717, 1.165) is 0 Å². The molecular formula is C13H16N4O4. The molecule has 1 aromatic carbocycles. The summed E-state index contributed by atoms with van der Waals surface area (Å²) >= 11 is 0. The van der Waals surface area contributed by atoms with E-state index < -0.39 is 4.92 Å². The molecule has 2 rings (SSSR count). The zero-order valence-corrected chi connectivity index (χ0v) is 11.6. The molecule has 0 bridgehead atoms. The second-order valence-electron chi connectivity index (χ2n) is 4.33. The first-order valence-corrected chi connectivity index (χ1v) is 6.52. The second kappa shape index (κ2) is 7.34. The molecule has 1 aromatic heterocycles. The highest BCUT2D eigenvalue weighted by atomic mass is 16.6. The van der Waals surface area contributed by atoms with Crippen LogP contribution >= 0.6 is 0 Å². The van der Waals surface area contributed by atoms with Crippen LogP contribution in [0.3, 0.4) is 0 Å². The molecule has 0 fully saturated rings. The van der Waals surface area contributed by atoms with Crippen molar-refractivity contribution < 1.29 is 14.2 Å². The predicted molar refractivity (Wildman–Crippen MR) is 74.2 cm³/mol. The lowest BCUT2D eigenvalue weighted by atomic mass is 10.3. The third kappa shape index (κ3) is 4.84. The topological polar surface area (TPSA) is 103 Å². The van der Waals surface area contributed by atoms with E-state index in [9.17, 15) is 10.1 Å². The maximum absolute atomic E-state index is 10.5. The number of ether oxygens (including phenoxy) is 1. The molecule has 0 atom stereocenters. The largest absolute Gasteiger partial charge is 0.492 e. The Morgan fingerprint density at radius 2 is 2.10 bits per heavy atom. The molecule has 0 unspecified atom stereocenters. The normalized spacial score (nSPS) is 10.5. The zero-order chi connectivity index (χ0) is 15.1. The van der Waals surface area contributed by atoms with Crippen molar-refractivity contribution in [2.24, 2.45) is 0 Å². The first kappa shape index (κ1) is 14.9. The Kier molecular flexibility index (Phi) is 5.22. The highest BCUT2D eigenvalue weighted by Gasteiger charge is 2.04. The van der Waals surface area contributed by atoms with Gasteiger partial charge >= 0.3 is 0 Å². The lowest BCUT2D eigenvalue weighted by molar-refractivity contribution is -0.384. The molecule has 0 aliphatic carbocycles. The fourth-order valence-electron chi connectivity index (χ4n) is 1.67. The molecule has 0 radical (unpaired) electrons. The van der Waals surface area contributed by atoms with Crippen molar-refractivity contribution in [1.29, 1.82) is 0 Å². The molecule has 2 aromatic rings. The number of hydrogen-bond acceptors (Lipinski definition) is 7. The van der Waals surface area contributed by atoms with Gasteiger partial charge in [0, 0.05) is 31.6 Å². The number of nitro benzene ring substituents is 1. The first-order valence-electron chi connectivity index (χ1n) is 6.52. The van der Waals surface area contributed by atoms with Crippen LogP contribution in [-0.4, -0.2) is 34.8 Å². The van der Waals surface area contributed by atoms with Crippen molar-refractivity contribution in [3.63, 3.8) is 0 Å². The summed E-state index contributed by atoms with van der Waals surface area (Å²) in [6.07, 6.45) is 0.665. The number of aromatic nitrogens is 2. The van der Waals surface area contributed by atoms with E-state index in [1.807, 2.05) is 0 Å². The molecule has 0 saturated carbocycles. The Bertz CT molecular complexity index is 582. The molecule has 8 heteroatoms. The predicted octanol–water partition coefficient (Wildman–Crippen LogP) is 1.50. The Balaban J connectivity index is 1.60. The van der Waals surface area contributed by atoms with Crippen LogP contribution in [-0.2, 0) is 6.42 Å². The van der Waals surface area contributed by atoms with Crippen molar-refractivity contribution in [3.05, 3.63) is 46.1 Å². The van der Waals surface area contributed by atoms with Gasteiger partial charge in [0.1, 0.15) is 12.4 Å². The molecule has 0 aliphatic heterocycles. The van der Waals surface area contributed by atoms with Gasteiger partial charge in [-0.1, -0.05) is 5.16 Å². The maximum atomic E-state index is 10.5. The molecular weight excluding hydrogens is 276 g/mol. The number of hydrogen-bond donors (Lipinski definition) is 1. The SMILES string of the molecule is Cc1noc(CCNCCOc2ccc([N+](=O)[O-])cc2)n1. The quantitative estimate of drug-likeness (QED) is 0.446. The van der Waals surface area contributed by atoms with Gasteiger partial charge in [0.2, 0.25) is 5.89 Å². The lowest BCUT2D eigenvalue weighted by Crippen LogP contribution is -2.23. The van der Waals surface area contributed by atoms with Crippen LogP contribution < -0.4 is 10.1 Å². The molecule has 0 spiro atoms. The highest BCUT2D eigenvalue weighted by Crippen LogP contribution is 2.16. The summed E-state index contributed by atoms with van der Waals surface area (Å²) in [4.78, 5) is 14.2. The van der Waals surface area contributed by atoms with Gasteiger partial charge in [-0.15, -0.1) is 0 Å². The summed E-state index contributed by atoms with van der Waals surface area (Å²) in [5.74, 6) is 1.85. The van der Waals surface area contributed by atoms with E-state index in [-0.39, 0.29) is 5.69 Å². The second-order valence-corrected chi connectivity index (χ2v) is 4.33. The smallest absolute Gasteiger partial charge is 0.269 e. The maximum Gasteiger partial charge on any atom is 0.269 e. The minimum Gasteiger partial charge on any atom is -0.492 e. The zero-order valence-electron chi connectivity index (χ0n) is 11.6. The fourth-order valence-corrected chi connectivity index (χ4v) is 1.67. The van der Waals surface area contributed by atoms with Crippen LogP contribution in [0.1, 0.15) is 11.7 Å². The van der Waals surface area contributed by atoms with Gasteiger partial charge in [-0.2, -0.15) is 4.98 Å². The molecule has 0 aliphatic rings. The van der Waals surface area contributed by atoms with Gasteiger partial charge in [0.05, 0.1) is 4.92 Å². The number of nitrogens with one attached hydrogen (secondary N) is 1. The van der Waals surface area contributed by atoms with Crippen LogP contribution in [0.2, 0.25) is 0 Å². The number of nitrogens with zero attached hydrogens (tertiary/aromatic N) is 3. The van der Waals surface area contributed by atoms with Crippen LogP contribution in [0.4, 0.5) is 5.69 Å². The van der Waals surface area contributed by atoms with Crippen molar-refractivity contribution in [2.75, 3.05) is 19.7 Å². The van der Waals surface area contributed by atoms with Gasteiger partial charge in [0.25, 0.3) is 5.69 Å². The molecule has 0 amide bonds. The van der Waals surface area contributed by atoms with E-state index in [1.54, 1.807) is 19.1 Å². The van der Waals surface area contributed by atoms with Crippen molar-refractivity contribution >= 4 is 5.69 Å². The van der Waals surface area contributed by atoms with Gasteiger partial charge in [-0.3, -0.25) is 10.1 Å².